The molecule has 0 fully saturated rings. The van der Waals surface area contributed by atoms with Crippen LogP contribution in [0.25, 0.3) is 10.9 Å². The van der Waals surface area contributed by atoms with E-state index in [9.17, 15) is 20.1 Å². The number of carbonyl (C=O) groups excluding carboxylic acids is 1. The normalized spacial score (nSPS) is 24.1. The van der Waals surface area contributed by atoms with Gasteiger partial charge in [0, 0.05) is 55.7 Å². The fraction of sp³-hybridized carbons (Fsp3) is 0.410. The minimum atomic E-state index is -0.981. The van der Waals surface area contributed by atoms with Crippen LogP contribution in [0.1, 0.15) is 90.9 Å². The van der Waals surface area contributed by atoms with E-state index in [0.717, 1.165) is 64.5 Å². The molecule has 9 heteroatoms. The molecule has 1 aliphatic carbocycles. The number of phenolic OH excluding ortho intramolecular Hbond substituents is 1. The van der Waals surface area contributed by atoms with Crippen molar-refractivity contribution in [3.63, 3.8) is 0 Å². The van der Waals surface area contributed by atoms with Crippen LogP contribution in [0.4, 0.5) is 0 Å². The molecule has 48 heavy (non-hydrogen) atoms. The summed E-state index contributed by atoms with van der Waals surface area (Å²) in [7, 11) is 0. The molecular formula is C39H44N4O5. The lowest BCUT2D eigenvalue weighted by atomic mass is 9.84. The predicted octanol–water partition coefficient (Wildman–Crippen LogP) is 5.24. The van der Waals surface area contributed by atoms with Crippen molar-refractivity contribution < 1.29 is 24.9 Å². The summed E-state index contributed by atoms with van der Waals surface area (Å²) in [6.07, 6.45) is 12.3. The Bertz CT molecular complexity index is 1910. The van der Waals surface area contributed by atoms with Crippen LogP contribution in [-0.2, 0) is 24.1 Å². The number of ether oxygens (including phenoxy) is 1. The molecule has 250 valence electrons. The van der Waals surface area contributed by atoms with Gasteiger partial charge in [-0.05, 0) is 77.1 Å². The topological polar surface area (TPSA) is 146 Å². The van der Waals surface area contributed by atoms with Crippen LogP contribution >= 0.6 is 0 Å². The largest absolute Gasteiger partial charge is 0.504 e. The van der Waals surface area contributed by atoms with Gasteiger partial charge in [-0.15, -0.1) is 0 Å². The molecular weight excluding hydrogens is 604 g/mol. The van der Waals surface area contributed by atoms with Crippen LogP contribution in [-0.4, -0.2) is 43.3 Å². The second-order valence-electron chi connectivity index (χ2n) is 13.6. The van der Waals surface area contributed by atoms with Crippen molar-refractivity contribution in [2.24, 2.45) is 17.6 Å². The number of rotatable bonds is 8. The predicted molar refractivity (Wildman–Crippen MR) is 184 cm³/mol. The van der Waals surface area contributed by atoms with Crippen molar-refractivity contribution in [3.8, 4) is 23.3 Å². The number of aryl methyl sites for hydroxylation is 1. The summed E-state index contributed by atoms with van der Waals surface area (Å²) in [5.74, 6) is 7.03. The van der Waals surface area contributed by atoms with Crippen molar-refractivity contribution in [3.05, 3.63) is 94.5 Å². The van der Waals surface area contributed by atoms with Crippen molar-refractivity contribution in [2.45, 2.75) is 82.9 Å². The van der Waals surface area contributed by atoms with Gasteiger partial charge in [-0.3, -0.25) is 10.1 Å². The SMILES string of the molecule is CC1C=CC(C(O)CC(=O)CCc2ccc(O)c(OC3CC#CC(O)c4ccc5c(c4Cc4c[nH]c6cn3cc46)CCNC5N)c2)CC1. The number of H-pyrrole nitrogens is 1. The minimum absolute atomic E-state index is 0.0114. The smallest absolute Gasteiger partial charge is 0.186 e. The van der Waals surface area contributed by atoms with Gasteiger partial charge >= 0.3 is 0 Å². The van der Waals surface area contributed by atoms with E-state index in [1.54, 1.807) is 18.2 Å². The van der Waals surface area contributed by atoms with Gasteiger partial charge in [0.25, 0.3) is 0 Å². The number of aromatic amines is 1. The number of aliphatic hydroxyl groups excluding tert-OH is 2. The van der Waals surface area contributed by atoms with E-state index in [4.69, 9.17) is 10.5 Å². The van der Waals surface area contributed by atoms with Crippen LogP contribution < -0.4 is 15.8 Å². The van der Waals surface area contributed by atoms with Gasteiger partial charge in [0.2, 0.25) is 0 Å². The highest BCUT2D eigenvalue weighted by Gasteiger charge is 2.26. The molecule has 2 bridgehead atoms. The van der Waals surface area contributed by atoms with Crippen LogP contribution in [0.2, 0.25) is 0 Å². The van der Waals surface area contributed by atoms with E-state index in [-0.39, 0.29) is 36.5 Å². The van der Waals surface area contributed by atoms with Gasteiger partial charge in [0.15, 0.2) is 17.7 Å². The summed E-state index contributed by atoms with van der Waals surface area (Å²) >= 11 is 0. The minimum Gasteiger partial charge on any atom is -0.504 e. The first-order valence-electron chi connectivity index (χ1n) is 17.1. The maximum Gasteiger partial charge on any atom is 0.186 e. The summed E-state index contributed by atoms with van der Waals surface area (Å²) in [6, 6.07) is 9.08. The van der Waals surface area contributed by atoms with E-state index >= 15 is 0 Å². The molecule has 7 rings (SSSR count). The van der Waals surface area contributed by atoms with E-state index in [1.807, 2.05) is 35.3 Å². The van der Waals surface area contributed by atoms with E-state index < -0.39 is 18.4 Å². The summed E-state index contributed by atoms with van der Waals surface area (Å²) < 4.78 is 8.37. The molecule has 2 aromatic carbocycles. The zero-order chi connectivity index (χ0) is 33.4. The number of Topliss-reactive ketones (excluding diaryl/α,β-unsaturated/α-hetero) is 1. The zero-order valence-electron chi connectivity index (χ0n) is 27.3. The third-order valence-electron chi connectivity index (χ3n) is 10.2. The van der Waals surface area contributed by atoms with Gasteiger partial charge in [-0.25, -0.2) is 0 Å². The van der Waals surface area contributed by atoms with Crippen molar-refractivity contribution >= 4 is 16.7 Å². The molecule has 7 N–H and O–H groups in total. The Kier molecular flexibility index (Phi) is 9.17. The summed E-state index contributed by atoms with van der Waals surface area (Å²) in [6.45, 7) is 2.93. The van der Waals surface area contributed by atoms with Gasteiger partial charge < -0.3 is 35.3 Å². The highest BCUT2D eigenvalue weighted by atomic mass is 16.5. The molecule has 0 spiro atoms. The molecule has 4 aromatic rings. The van der Waals surface area contributed by atoms with E-state index in [2.05, 4.69) is 41.2 Å². The highest BCUT2D eigenvalue weighted by molar-refractivity contribution is 5.83. The lowest BCUT2D eigenvalue weighted by molar-refractivity contribution is -0.121. The first-order chi connectivity index (χ1) is 23.2. The maximum absolute atomic E-state index is 12.8. The van der Waals surface area contributed by atoms with Crippen LogP contribution in [0.5, 0.6) is 11.5 Å². The molecule has 0 saturated heterocycles. The Hall–Kier alpha value is -4.33. The number of carbonyl (C=O) groups is 1. The number of benzene rings is 2. The van der Waals surface area contributed by atoms with Crippen molar-refractivity contribution in [1.29, 1.82) is 0 Å². The van der Waals surface area contributed by atoms with Gasteiger partial charge in [0.1, 0.15) is 11.9 Å². The molecule has 0 saturated carbocycles. The Balaban J connectivity index is 1.10. The van der Waals surface area contributed by atoms with E-state index in [1.165, 1.54) is 5.56 Å². The van der Waals surface area contributed by atoms with Gasteiger partial charge in [-0.2, -0.15) is 0 Å². The second-order valence-corrected chi connectivity index (χ2v) is 13.6. The van der Waals surface area contributed by atoms with Gasteiger partial charge in [-0.1, -0.05) is 49.1 Å². The number of allylic oxidation sites excluding steroid dienone is 1. The Labute approximate surface area is 280 Å². The number of aromatic nitrogens is 2. The molecule has 9 nitrogen and oxygen atoms in total. The Morgan fingerprint density at radius 2 is 2.00 bits per heavy atom. The number of hydrogen-bond acceptors (Lipinski definition) is 7. The van der Waals surface area contributed by atoms with Crippen LogP contribution in [0.3, 0.4) is 0 Å². The number of fused-ring (bicyclic) bond motifs is 4. The quantitative estimate of drug-likeness (QED) is 0.113. The molecule has 4 heterocycles. The lowest BCUT2D eigenvalue weighted by Crippen LogP contribution is -2.36. The molecule has 6 unspecified atom stereocenters. The lowest BCUT2D eigenvalue weighted by Gasteiger charge is -2.28. The Morgan fingerprint density at radius 3 is 2.83 bits per heavy atom. The number of nitrogens with one attached hydrogen (secondary N) is 2. The second kappa shape index (κ2) is 13.7. The molecule has 6 atom stereocenters. The number of phenols is 1. The molecule has 0 radical (unpaired) electrons. The number of aliphatic hydroxyl groups is 2. The first kappa shape index (κ1) is 32.2. The summed E-state index contributed by atoms with van der Waals surface area (Å²) in [5, 5.41) is 37.1. The third-order valence-corrected chi connectivity index (χ3v) is 10.2. The molecule has 2 aliphatic heterocycles. The number of aromatic hydroxyl groups is 1. The summed E-state index contributed by atoms with van der Waals surface area (Å²) in [4.78, 5) is 16.2. The molecule has 2 aromatic heterocycles. The van der Waals surface area contributed by atoms with E-state index in [0.29, 0.717) is 30.9 Å². The highest BCUT2D eigenvalue weighted by Crippen LogP contribution is 2.36. The zero-order valence-corrected chi connectivity index (χ0v) is 27.3. The fourth-order valence-electron chi connectivity index (χ4n) is 7.39. The molecule has 3 aliphatic rings. The van der Waals surface area contributed by atoms with Crippen LogP contribution in [0, 0.1) is 23.7 Å². The fourth-order valence-corrected chi connectivity index (χ4v) is 7.39. The number of hydrogen-bond donors (Lipinski definition) is 6. The number of ketones is 1. The summed E-state index contributed by atoms with van der Waals surface area (Å²) in [5.41, 5.74) is 13.4. The monoisotopic (exact) mass is 648 g/mol. The van der Waals surface area contributed by atoms with Crippen molar-refractivity contribution in [2.75, 3.05) is 6.54 Å². The molecule has 0 amide bonds. The maximum atomic E-state index is 12.8. The van der Waals surface area contributed by atoms with Crippen LogP contribution in [0.15, 0.2) is 61.1 Å². The Morgan fingerprint density at radius 1 is 1.15 bits per heavy atom. The third kappa shape index (κ3) is 6.67. The standard InChI is InChI=1S/C39H44N4O5/c1-23-5-9-25(10-6-23)36(47)19-27(44)11-7-24-8-14-35(46)37(17-24)48-38-4-2-3-34(45)29-12-13-30-28(15-16-41-39(30)40)31(29)18-26-20-42-33-22-43(38)21-32(26)33/h5,8-9,12-14,17,20-23,25,34,36,38-39,41-42,45-47H,4,6-7,10-11,15-16,18-19,40H2,1H3. The van der Waals surface area contributed by atoms with Crippen molar-refractivity contribution in [1.82, 2.24) is 14.9 Å². The average Bonchev–Trinajstić information content (AvgIpc) is 3.66. The van der Waals surface area contributed by atoms with Gasteiger partial charge in [0.05, 0.1) is 24.2 Å². The average molecular weight is 649 g/mol. The number of nitrogens with zero attached hydrogens (tertiary/aromatic N) is 1. The first-order valence-corrected chi connectivity index (χ1v) is 17.1. The number of nitrogens with two attached hydrogens (primary N) is 1.